The molecule has 11 heteroatoms. The Morgan fingerprint density at radius 3 is 2.88 bits per heavy atom. The molecular formula is C23H20BrN7O3. The lowest BCUT2D eigenvalue weighted by atomic mass is 10.1. The van der Waals surface area contributed by atoms with Crippen molar-refractivity contribution in [3.05, 3.63) is 47.3 Å². The van der Waals surface area contributed by atoms with Crippen LogP contribution in [0.1, 0.15) is 12.8 Å². The first-order chi connectivity index (χ1) is 16.4. The normalized spacial score (nSPS) is 21.1. The first kappa shape index (κ1) is 20.8. The number of rotatable bonds is 4. The lowest BCUT2D eigenvalue weighted by molar-refractivity contribution is -0.138. The maximum Gasteiger partial charge on any atom is 0.248 e. The monoisotopic (exact) mass is 521 g/mol. The van der Waals surface area contributed by atoms with Gasteiger partial charge in [-0.15, -0.1) is 0 Å². The number of piperidine rings is 1. The van der Waals surface area contributed by atoms with Crippen LogP contribution in [-0.4, -0.2) is 53.4 Å². The highest BCUT2D eigenvalue weighted by molar-refractivity contribution is 9.10. The zero-order chi connectivity index (χ0) is 23.6. The third-order valence-electron chi connectivity index (χ3n) is 6.61. The number of nitrogens with zero attached hydrogens (tertiary/aromatic N) is 5. The van der Waals surface area contributed by atoms with Crippen LogP contribution in [0.15, 0.2) is 47.3 Å². The van der Waals surface area contributed by atoms with Gasteiger partial charge in [-0.25, -0.2) is 15.0 Å². The molecule has 4 N–H and O–H groups in total. The minimum atomic E-state index is -0.561. The molecule has 2 amide bonds. The number of nitrogen functional groups attached to an aromatic ring is 1. The van der Waals surface area contributed by atoms with Crippen molar-refractivity contribution in [2.24, 2.45) is 5.92 Å². The number of pyridine rings is 1. The summed E-state index contributed by atoms with van der Waals surface area (Å²) in [6.07, 6.45) is 2.89. The first-order valence-electron chi connectivity index (χ1n) is 10.9. The highest BCUT2D eigenvalue weighted by atomic mass is 79.9. The topological polar surface area (TPSA) is 139 Å². The number of nitrogens with two attached hydrogens (primary N) is 1. The number of anilines is 2. The second kappa shape index (κ2) is 7.66. The van der Waals surface area contributed by atoms with Gasteiger partial charge < -0.3 is 25.6 Å². The second-order valence-corrected chi connectivity index (χ2v) is 9.51. The number of fused-ring (bicyclic) bond motifs is 4. The van der Waals surface area contributed by atoms with Crippen LogP contribution >= 0.6 is 15.9 Å². The van der Waals surface area contributed by atoms with Crippen LogP contribution in [0.2, 0.25) is 0 Å². The summed E-state index contributed by atoms with van der Waals surface area (Å²) in [7, 11) is 0. The smallest absolute Gasteiger partial charge is 0.248 e. The van der Waals surface area contributed by atoms with Crippen LogP contribution < -0.4 is 11.1 Å². The number of benzene rings is 1. The van der Waals surface area contributed by atoms with Crippen molar-refractivity contribution in [2.75, 3.05) is 11.1 Å². The van der Waals surface area contributed by atoms with Gasteiger partial charge >= 0.3 is 0 Å². The van der Waals surface area contributed by atoms with Gasteiger partial charge in [-0.3, -0.25) is 9.59 Å². The maximum absolute atomic E-state index is 13.6. The summed E-state index contributed by atoms with van der Waals surface area (Å²) in [6.45, 7) is -0.0106. The lowest BCUT2D eigenvalue weighted by Crippen LogP contribution is -2.46. The predicted molar refractivity (Wildman–Crippen MR) is 129 cm³/mol. The molecule has 1 aromatic carbocycles. The predicted octanol–water partition coefficient (Wildman–Crippen LogP) is 2.66. The van der Waals surface area contributed by atoms with Crippen LogP contribution in [0.4, 0.5) is 11.6 Å². The number of carbonyl (C=O) groups excluding carboxylic acids is 2. The van der Waals surface area contributed by atoms with Crippen LogP contribution in [0, 0.1) is 5.92 Å². The summed E-state index contributed by atoms with van der Waals surface area (Å²) in [5.41, 5.74) is 7.32. The molecule has 1 saturated heterocycles. The van der Waals surface area contributed by atoms with E-state index in [0.29, 0.717) is 44.7 Å². The zero-order valence-electron chi connectivity index (χ0n) is 17.8. The average molecular weight is 522 g/mol. The molecule has 0 spiro atoms. The molecule has 0 radical (unpaired) electrons. The summed E-state index contributed by atoms with van der Waals surface area (Å²) in [5.74, 6) is 0.708. The SMILES string of the molecule is Nc1ncnc2c1c1cc(O)ccc1n2CC(=O)N1[C@@H]2CC2C[C@H]1C(=O)Nc1cccc(Br)n1. The molecule has 1 unspecified atom stereocenters. The van der Waals surface area contributed by atoms with Gasteiger partial charge in [0.15, 0.2) is 0 Å². The largest absolute Gasteiger partial charge is 0.508 e. The molecule has 10 nitrogen and oxygen atoms in total. The van der Waals surface area contributed by atoms with E-state index >= 15 is 0 Å². The van der Waals surface area contributed by atoms with Gasteiger partial charge in [0.1, 0.15) is 46.5 Å². The number of halogens is 1. The first-order valence-corrected chi connectivity index (χ1v) is 11.7. The molecule has 0 bridgehead atoms. The van der Waals surface area contributed by atoms with E-state index in [4.69, 9.17) is 5.73 Å². The van der Waals surface area contributed by atoms with Crippen LogP contribution in [0.25, 0.3) is 21.9 Å². The molecule has 34 heavy (non-hydrogen) atoms. The van der Waals surface area contributed by atoms with E-state index in [-0.39, 0.29) is 36.0 Å². The Labute approximate surface area is 201 Å². The second-order valence-electron chi connectivity index (χ2n) is 8.70. The van der Waals surface area contributed by atoms with Gasteiger partial charge in [0.05, 0.1) is 10.9 Å². The number of aromatic nitrogens is 4. The minimum Gasteiger partial charge on any atom is -0.508 e. The zero-order valence-corrected chi connectivity index (χ0v) is 19.4. The maximum atomic E-state index is 13.6. The van der Waals surface area contributed by atoms with Gasteiger partial charge in [0.25, 0.3) is 0 Å². The van der Waals surface area contributed by atoms with E-state index in [9.17, 15) is 14.7 Å². The van der Waals surface area contributed by atoms with Crippen molar-refractivity contribution in [2.45, 2.75) is 31.5 Å². The number of phenolic OH excluding ortho intramolecular Hbond substituents is 1. The number of phenols is 1. The molecule has 3 atom stereocenters. The Bertz CT molecular complexity index is 1490. The van der Waals surface area contributed by atoms with E-state index in [1.165, 1.54) is 6.33 Å². The van der Waals surface area contributed by atoms with Gasteiger partial charge in [-0.1, -0.05) is 6.07 Å². The minimum absolute atomic E-state index is 0.0106. The fraction of sp³-hybridized carbons (Fsp3) is 0.261. The van der Waals surface area contributed by atoms with E-state index < -0.39 is 6.04 Å². The van der Waals surface area contributed by atoms with Crippen molar-refractivity contribution in [1.82, 2.24) is 24.4 Å². The van der Waals surface area contributed by atoms with Crippen molar-refractivity contribution in [1.29, 1.82) is 0 Å². The summed E-state index contributed by atoms with van der Waals surface area (Å²) < 4.78 is 2.39. The molecule has 2 fully saturated rings. The molecule has 2 aliphatic rings. The summed E-state index contributed by atoms with van der Waals surface area (Å²) >= 11 is 3.30. The third-order valence-corrected chi connectivity index (χ3v) is 7.05. The molecule has 3 aromatic heterocycles. The van der Waals surface area contributed by atoms with Gasteiger partial charge in [-0.2, -0.15) is 0 Å². The molecule has 172 valence electrons. The van der Waals surface area contributed by atoms with Crippen LogP contribution in [0.5, 0.6) is 5.75 Å². The molecule has 1 aliphatic heterocycles. The Morgan fingerprint density at radius 2 is 2.06 bits per heavy atom. The number of carbonyl (C=O) groups is 2. The summed E-state index contributed by atoms with van der Waals surface area (Å²) in [6, 6.07) is 9.65. The molecular weight excluding hydrogens is 502 g/mol. The number of likely N-dealkylation sites (tertiary alicyclic amines) is 1. The summed E-state index contributed by atoms with van der Waals surface area (Å²) in [4.78, 5) is 41.1. The molecule has 1 aliphatic carbocycles. The van der Waals surface area contributed by atoms with Gasteiger partial charge in [0.2, 0.25) is 11.8 Å². The number of amides is 2. The molecule has 4 heterocycles. The Balaban J connectivity index is 1.32. The van der Waals surface area contributed by atoms with Crippen molar-refractivity contribution in [3.8, 4) is 5.75 Å². The van der Waals surface area contributed by atoms with E-state index in [1.54, 1.807) is 45.9 Å². The Morgan fingerprint density at radius 1 is 1.21 bits per heavy atom. The Kier molecular flexibility index (Phi) is 4.70. The van der Waals surface area contributed by atoms with Crippen molar-refractivity contribution >= 4 is 61.3 Å². The lowest BCUT2D eigenvalue weighted by Gasteiger charge is -2.27. The van der Waals surface area contributed by atoms with Crippen LogP contribution in [0.3, 0.4) is 0 Å². The molecule has 4 aromatic rings. The fourth-order valence-electron chi connectivity index (χ4n) is 5.04. The highest BCUT2D eigenvalue weighted by Crippen LogP contribution is 2.48. The fourth-order valence-corrected chi connectivity index (χ4v) is 5.38. The van der Waals surface area contributed by atoms with Gasteiger partial charge in [0, 0.05) is 11.4 Å². The number of aromatic hydroxyl groups is 1. The average Bonchev–Trinajstić information content (AvgIpc) is 3.35. The van der Waals surface area contributed by atoms with Gasteiger partial charge in [-0.05, 0) is 65.0 Å². The number of nitrogens with one attached hydrogen (secondary N) is 1. The molecule has 1 saturated carbocycles. The number of hydrogen-bond donors (Lipinski definition) is 3. The third kappa shape index (κ3) is 3.35. The van der Waals surface area contributed by atoms with Crippen molar-refractivity contribution < 1.29 is 14.7 Å². The van der Waals surface area contributed by atoms with E-state index in [2.05, 4.69) is 36.2 Å². The standard InChI is InChI=1S/C23H20BrN7O3/c24-17-2-1-3-18(28-17)29-23(34)16-7-11-6-15(11)31(16)19(33)9-30-14-5-4-12(32)8-13(14)20-21(25)26-10-27-22(20)30/h1-5,8,10-11,15-16,32H,6-7,9H2,(H2,25,26,27)(H,28,29,34)/t11?,15-,16+/m1/s1. The molecule has 6 rings (SSSR count). The van der Waals surface area contributed by atoms with E-state index in [1.807, 2.05) is 0 Å². The quantitative estimate of drug-likeness (QED) is 0.350. The van der Waals surface area contributed by atoms with Crippen molar-refractivity contribution in [3.63, 3.8) is 0 Å². The Hall–Kier alpha value is -3.73. The summed E-state index contributed by atoms with van der Waals surface area (Å²) in [5, 5.41) is 14.1. The number of hydrogen-bond acceptors (Lipinski definition) is 7. The van der Waals surface area contributed by atoms with E-state index in [0.717, 1.165) is 6.42 Å². The highest BCUT2D eigenvalue weighted by Gasteiger charge is 2.56. The van der Waals surface area contributed by atoms with Crippen LogP contribution in [-0.2, 0) is 16.1 Å².